The van der Waals surface area contributed by atoms with Crippen molar-refractivity contribution in [3.63, 3.8) is 0 Å². The van der Waals surface area contributed by atoms with E-state index in [1.165, 1.54) is 11.9 Å². The lowest BCUT2D eigenvalue weighted by Crippen LogP contribution is -2.18. The molecule has 0 aliphatic carbocycles. The lowest BCUT2D eigenvalue weighted by atomic mass is 10.2. The summed E-state index contributed by atoms with van der Waals surface area (Å²) in [6, 6.07) is 9.84. The van der Waals surface area contributed by atoms with Crippen LogP contribution in [0, 0.1) is 11.5 Å². The third kappa shape index (κ3) is 3.66. The van der Waals surface area contributed by atoms with Crippen LogP contribution in [0.5, 0.6) is 0 Å². The number of nitrogens with one attached hydrogen (secondary N) is 1. The normalized spacial score (nSPS) is 9.74. The smallest absolute Gasteiger partial charge is 0.182 e. The van der Waals surface area contributed by atoms with Crippen molar-refractivity contribution in [1.29, 1.82) is 5.26 Å². The summed E-state index contributed by atoms with van der Waals surface area (Å²) in [6.45, 7) is 0.725. The van der Waals surface area contributed by atoms with E-state index in [4.69, 9.17) is 5.26 Å². The van der Waals surface area contributed by atoms with Gasteiger partial charge in [-0.2, -0.15) is 5.26 Å². The number of anilines is 2. The SMILES string of the molecule is CN(Cc1cccc(Br)c1)c1cc(NC#N)ncn1. The Bertz CT molecular complexity index is 608. The van der Waals surface area contributed by atoms with Crippen molar-refractivity contribution < 1.29 is 0 Å². The Hall–Kier alpha value is -2.13. The quantitative estimate of drug-likeness (QED) is 0.694. The molecule has 0 aliphatic heterocycles. The van der Waals surface area contributed by atoms with E-state index in [-0.39, 0.29) is 0 Å². The van der Waals surface area contributed by atoms with Gasteiger partial charge in [0.25, 0.3) is 0 Å². The molecule has 2 rings (SSSR count). The molecular formula is C13H12BrN5. The molecule has 1 heterocycles. The Morgan fingerprint density at radius 3 is 2.95 bits per heavy atom. The van der Waals surface area contributed by atoms with Crippen molar-refractivity contribution >= 4 is 27.6 Å². The molecule has 0 unspecified atom stereocenters. The first kappa shape index (κ1) is 13.3. The average Bonchev–Trinajstić information content (AvgIpc) is 2.39. The van der Waals surface area contributed by atoms with Gasteiger partial charge in [0.15, 0.2) is 6.19 Å². The number of hydrogen-bond donors (Lipinski definition) is 1. The maximum atomic E-state index is 8.57. The number of aromatic nitrogens is 2. The van der Waals surface area contributed by atoms with E-state index in [0.29, 0.717) is 5.82 Å². The average molecular weight is 318 g/mol. The largest absolute Gasteiger partial charge is 0.355 e. The van der Waals surface area contributed by atoms with Gasteiger partial charge in [0.2, 0.25) is 0 Å². The van der Waals surface area contributed by atoms with Crippen LogP contribution in [0.2, 0.25) is 0 Å². The number of hydrogen-bond acceptors (Lipinski definition) is 5. The molecule has 2 aromatic rings. The second kappa shape index (κ2) is 6.16. The minimum absolute atomic E-state index is 0.494. The zero-order valence-electron chi connectivity index (χ0n) is 10.3. The Kier molecular flexibility index (Phi) is 4.31. The lowest BCUT2D eigenvalue weighted by Gasteiger charge is -2.18. The summed E-state index contributed by atoms with van der Waals surface area (Å²) in [7, 11) is 1.94. The number of nitrogens with zero attached hydrogens (tertiary/aromatic N) is 4. The van der Waals surface area contributed by atoms with Crippen LogP contribution in [0.4, 0.5) is 11.6 Å². The van der Waals surface area contributed by atoms with E-state index in [0.717, 1.165) is 16.8 Å². The Morgan fingerprint density at radius 2 is 2.21 bits per heavy atom. The summed E-state index contributed by atoms with van der Waals surface area (Å²) < 4.78 is 1.05. The lowest BCUT2D eigenvalue weighted by molar-refractivity contribution is 0.891. The molecule has 0 fully saturated rings. The molecule has 0 saturated carbocycles. The minimum Gasteiger partial charge on any atom is -0.355 e. The summed E-state index contributed by atoms with van der Waals surface area (Å²) >= 11 is 3.45. The van der Waals surface area contributed by atoms with Crippen molar-refractivity contribution in [2.24, 2.45) is 0 Å². The highest BCUT2D eigenvalue weighted by atomic mass is 79.9. The summed E-state index contributed by atoms with van der Waals surface area (Å²) in [5, 5.41) is 11.1. The Labute approximate surface area is 120 Å². The molecule has 96 valence electrons. The fraction of sp³-hybridized carbons (Fsp3) is 0.154. The van der Waals surface area contributed by atoms with Crippen molar-refractivity contribution in [3.05, 3.63) is 46.7 Å². The van der Waals surface area contributed by atoms with Gasteiger partial charge in [0, 0.05) is 24.1 Å². The predicted octanol–water partition coefficient (Wildman–Crippen LogP) is 2.77. The topological polar surface area (TPSA) is 64.8 Å². The first-order valence-electron chi connectivity index (χ1n) is 5.62. The van der Waals surface area contributed by atoms with Gasteiger partial charge in [-0.15, -0.1) is 0 Å². The fourth-order valence-corrected chi connectivity index (χ4v) is 2.12. The number of rotatable bonds is 4. The molecule has 6 heteroatoms. The highest BCUT2D eigenvalue weighted by molar-refractivity contribution is 9.10. The van der Waals surface area contributed by atoms with Crippen LogP contribution < -0.4 is 10.2 Å². The summed E-state index contributed by atoms with van der Waals surface area (Å²) in [5.41, 5.74) is 1.17. The maximum absolute atomic E-state index is 8.57. The number of halogens is 1. The molecule has 1 N–H and O–H groups in total. The summed E-state index contributed by atoms with van der Waals surface area (Å²) in [5.74, 6) is 1.25. The van der Waals surface area contributed by atoms with Gasteiger partial charge in [-0.3, -0.25) is 5.32 Å². The van der Waals surface area contributed by atoms with Gasteiger partial charge >= 0.3 is 0 Å². The van der Waals surface area contributed by atoms with Gasteiger partial charge in [0.05, 0.1) is 0 Å². The number of benzene rings is 1. The van der Waals surface area contributed by atoms with E-state index < -0.39 is 0 Å². The molecule has 0 aliphatic rings. The molecule has 0 amide bonds. The molecule has 19 heavy (non-hydrogen) atoms. The van der Waals surface area contributed by atoms with E-state index >= 15 is 0 Å². The third-order valence-corrected chi connectivity index (χ3v) is 3.03. The first-order chi connectivity index (χ1) is 9.19. The third-order valence-electron chi connectivity index (χ3n) is 2.54. The van der Waals surface area contributed by atoms with Crippen LogP contribution in [0.25, 0.3) is 0 Å². The molecular weight excluding hydrogens is 306 g/mol. The van der Waals surface area contributed by atoms with Gasteiger partial charge < -0.3 is 4.90 Å². The molecule has 0 spiro atoms. The molecule has 0 radical (unpaired) electrons. The van der Waals surface area contributed by atoms with Crippen molar-refractivity contribution in [2.75, 3.05) is 17.3 Å². The van der Waals surface area contributed by atoms with Crippen molar-refractivity contribution in [3.8, 4) is 6.19 Å². The van der Waals surface area contributed by atoms with Crippen LogP contribution in [-0.4, -0.2) is 17.0 Å². The Balaban J connectivity index is 2.13. The highest BCUT2D eigenvalue weighted by Gasteiger charge is 2.05. The van der Waals surface area contributed by atoms with Crippen LogP contribution in [-0.2, 0) is 6.54 Å². The molecule has 1 aromatic carbocycles. The predicted molar refractivity (Wildman–Crippen MR) is 77.5 cm³/mol. The van der Waals surface area contributed by atoms with E-state index in [1.807, 2.05) is 30.3 Å². The number of nitriles is 1. The second-order valence-electron chi connectivity index (χ2n) is 3.98. The van der Waals surface area contributed by atoms with Gasteiger partial charge in [-0.1, -0.05) is 28.1 Å². The first-order valence-corrected chi connectivity index (χ1v) is 6.41. The van der Waals surface area contributed by atoms with E-state index in [9.17, 15) is 0 Å². The highest BCUT2D eigenvalue weighted by Crippen LogP contribution is 2.17. The van der Waals surface area contributed by atoms with Gasteiger partial charge in [-0.05, 0) is 17.7 Å². The molecule has 5 nitrogen and oxygen atoms in total. The fourth-order valence-electron chi connectivity index (χ4n) is 1.67. The van der Waals surface area contributed by atoms with Gasteiger partial charge in [-0.25, -0.2) is 9.97 Å². The molecule has 0 saturated heterocycles. The molecule has 0 atom stereocenters. The Morgan fingerprint density at radius 1 is 1.37 bits per heavy atom. The zero-order valence-corrected chi connectivity index (χ0v) is 11.9. The molecule has 1 aromatic heterocycles. The monoisotopic (exact) mass is 317 g/mol. The van der Waals surface area contributed by atoms with Crippen molar-refractivity contribution in [1.82, 2.24) is 9.97 Å². The van der Waals surface area contributed by atoms with E-state index in [1.54, 1.807) is 6.07 Å². The summed E-state index contributed by atoms with van der Waals surface area (Å²) in [4.78, 5) is 10.1. The standard InChI is InChI=1S/C13H12BrN5/c1-19(7-10-3-2-4-11(14)5-10)13-6-12(16-8-15)17-9-18-13/h2-6,9H,7H2,1H3,(H,16,17,18). The minimum atomic E-state index is 0.494. The van der Waals surface area contributed by atoms with Crippen LogP contribution in [0.1, 0.15) is 5.56 Å². The summed E-state index contributed by atoms with van der Waals surface area (Å²) in [6.07, 6.45) is 3.28. The van der Waals surface area contributed by atoms with Crippen LogP contribution in [0.15, 0.2) is 41.1 Å². The van der Waals surface area contributed by atoms with Crippen LogP contribution in [0.3, 0.4) is 0 Å². The second-order valence-corrected chi connectivity index (χ2v) is 4.90. The van der Waals surface area contributed by atoms with Crippen molar-refractivity contribution in [2.45, 2.75) is 6.54 Å². The zero-order chi connectivity index (χ0) is 13.7. The van der Waals surface area contributed by atoms with Crippen LogP contribution >= 0.6 is 15.9 Å². The maximum Gasteiger partial charge on any atom is 0.182 e. The van der Waals surface area contributed by atoms with Gasteiger partial charge in [0.1, 0.15) is 18.0 Å². The molecule has 0 bridgehead atoms. The van der Waals surface area contributed by atoms with E-state index in [2.05, 4.69) is 43.3 Å².